The maximum Gasteiger partial charge on any atom is 0.258 e. The molecule has 27 heavy (non-hydrogen) atoms. The number of halogens is 1. The van der Waals surface area contributed by atoms with Crippen LogP contribution in [-0.4, -0.2) is 15.9 Å². The van der Waals surface area contributed by atoms with Gasteiger partial charge in [0, 0.05) is 18.1 Å². The number of nitrogens with one attached hydrogen (secondary N) is 2. The summed E-state index contributed by atoms with van der Waals surface area (Å²) in [6, 6.07) is 12.1. The number of aryl methyl sites for hydroxylation is 1. The van der Waals surface area contributed by atoms with Crippen LogP contribution in [0.4, 0.5) is 21.7 Å². The summed E-state index contributed by atoms with van der Waals surface area (Å²) in [5.41, 5.74) is 3.59. The molecule has 0 unspecified atom stereocenters. The SMILES string of the molecule is Cc1cccc(C(C)C)c1Nc1ncc(C(=O)Nc2ccccc2F)cn1. The summed E-state index contributed by atoms with van der Waals surface area (Å²) in [4.78, 5) is 20.7. The number of carbonyl (C=O) groups excluding carboxylic acids is 1. The molecule has 2 aromatic carbocycles. The van der Waals surface area contributed by atoms with Crippen molar-refractivity contribution in [3.05, 3.63) is 77.4 Å². The van der Waals surface area contributed by atoms with Crippen molar-refractivity contribution < 1.29 is 9.18 Å². The van der Waals surface area contributed by atoms with Gasteiger partial charge in [-0.1, -0.05) is 44.2 Å². The molecule has 2 N–H and O–H groups in total. The second kappa shape index (κ2) is 7.95. The highest BCUT2D eigenvalue weighted by Gasteiger charge is 2.13. The second-order valence-corrected chi connectivity index (χ2v) is 6.55. The van der Waals surface area contributed by atoms with Gasteiger partial charge in [-0.25, -0.2) is 14.4 Å². The van der Waals surface area contributed by atoms with E-state index in [0.717, 1.165) is 11.3 Å². The van der Waals surface area contributed by atoms with Crippen molar-refractivity contribution in [2.45, 2.75) is 26.7 Å². The number of hydrogen-bond donors (Lipinski definition) is 2. The standard InChI is InChI=1S/C21H21FN4O/c1-13(2)16-8-6-7-14(3)19(16)26-21-23-11-15(12-24-21)20(27)25-18-10-5-4-9-17(18)22/h4-13H,1-3H3,(H,25,27)(H,23,24,26). The van der Waals surface area contributed by atoms with E-state index in [-0.39, 0.29) is 11.3 Å². The van der Waals surface area contributed by atoms with Gasteiger partial charge >= 0.3 is 0 Å². The van der Waals surface area contributed by atoms with Crippen LogP contribution in [0, 0.1) is 12.7 Å². The van der Waals surface area contributed by atoms with Gasteiger partial charge in [0.1, 0.15) is 5.82 Å². The highest BCUT2D eigenvalue weighted by atomic mass is 19.1. The Bertz CT molecular complexity index is 955. The first-order chi connectivity index (χ1) is 13.0. The smallest absolute Gasteiger partial charge is 0.258 e. The van der Waals surface area contributed by atoms with Crippen LogP contribution in [0.25, 0.3) is 0 Å². The fourth-order valence-electron chi connectivity index (χ4n) is 2.72. The first kappa shape index (κ1) is 18.5. The van der Waals surface area contributed by atoms with Gasteiger partial charge in [-0.3, -0.25) is 4.79 Å². The number of carbonyl (C=O) groups is 1. The highest BCUT2D eigenvalue weighted by Crippen LogP contribution is 2.29. The zero-order valence-corrected chi connectivity index (χ0v) is 15.5. The molecule has 5 nitrogen and oxygen atoms in total. The molecule has 0 aliphatic carbocycles. The zero-order chi connectivity index (χ0) is 19.4. The number of para-hydroxylation sites is 2. The normalized spacial score (nSPS) is 10.7. The van der Waals surface area contributed by atoms with E-state index in [2.05, 4.69) is 40.5 Å². The molecule has 1 aromatic heterocycles. The number of amides is 1. The van der Waals surface area contributed by atoms with Crippen LogP contribution >= 0.6 is 0 Å². The van der Waals surface area contributed by atoms with E-state index in [0.29, 0.717) is 11.9 Å². The Hall–Kier alpha value is -3.28. The lowest BCUT2D eigenvalue weighted by molar-refractivity contribution is 0.102. The Labute approximate surface area is 157 Å². The molecular weight excluding hydrogens is 343 g/mol. The minimum atomic E-state index is -0.495. The van der Waals surface area contributed by atoms with Crippen molar-refractivity contribution in [3.8, 4) is 0 Å². The number of hydrogen-bond acceptors (Lipinski definition) is 4. The van der Waals surface area contributed by atoms with E-state index in [9.17, 15) is 9.18 Å². The van der Waals surface area contributed by atoms with E-state index >= 15 is 0 Å². The number of aromatic nitrogens is 2. The van der Waals surface area contributed by atoms with Crippen LogP contribution in [0.5, 0.6) is 0 Å². The summed E-state index contributed by atoms with van der Waals surface area (Å²) in [5.74, 6) is -0.219. The Balaban J connectivity index is 1.77. The summed E-state index contributed by atoms with van der Waals surface area (Å²) in [5, 5.41) is 5.75. The summed E-state index contributed by atoms with van der Waals surface area (Å²) < 4.78 is 13.7. The molecule has 3 rings (SSSR count). The van der Waals surface area contributed by atoms with Gasteiger partial charge in [0.15, 0.2) is 0 Å². The van der Waals surface area contributed by atoms with Crippen molar-refractivity contribution >= 4 is 23.2 Å². The zero-order valence-electron chi connectivity index (χ0n) is 15.5. The van der Waals surface area contributed by atoms with Crippen LogP contribution in [0.1, 0.15) is 41.3 Å². The van der Waals surface area contributed by atoms with E-state index in [1.54, 1.807) is 12.1 Å². The van der Waals surface area contributed by atoms with Gasteiger partial charge < -0.3 is 10.6 Å². The summed E-state index contributed by atoms with van der Waals surface area (Å²) in [6.07, 6.45) is 2.83. The molecule has 0 aliphatic rings. The lowest BCUT2D eigenvalue weighted by atomic mass is 9.98. The molecule has 0 aliphatic heterocycles. The van der Waals surface area contributed by atoms with Crippen molar-refractivity contribution in [2.75, 3.05) is 10.6 Å². The first-order valence-electron chi connectivity index (χ1n) is 8.70. The fourth-order valence-corrected chi connectivity index (χ4v) is 2.72. The third kappa shape index (κ3) is 4.28. The Morgan fingerprint density at radius 2 is 1.74 bits per heavy atom. The van der Waals surface area contributed by atoms with Crippen molar-refractivity contribution in [3.63, 3.8) is 0 Å². The van der Waals surface area contributed by atoms with Crippen molar-refractivity contribution in [1.29, 1.82) is 0 Å². The quantitative estimate of drug-likeness (QED) is 0.665. The van der Waals surface area contributed by atoms with Gasteiger partial charge in [0.2, 0.25) is 5.95 Å². The van der Waals surface area contributed by atoms with Gasteiger partial charge in [-0.2, -0.15) is 0 Å². The molecule has 0 fully saturated rings. The number of anilines is 3. The number of nitrogens with zero attached hydrogens (tertiary/aromatic N) is 2. The molecule has 0 spiro atoms. The average Bonchev–Trinajstić information content (AvgIpc) is 2.65. The third-order valence-corrected chi connectivity index (χ3v) is 4.20. The Morgan fingerprint density at radius 3 is 2.41 bits per heavy atom. The molecular formula is C21H21FN4O. The van der Waals surface area contributed by atoms with Crippen molar-refractivity contribution in [1.82, 2.24) is 9.97 Å². The van der Waals surface area contributed by atoms with E-state index in [4.69, 9.17) is 0 Å². The van der Waals surface area contributed by atoms with E-state index in [1.165, 1.54) is 30.1 Å². The van der Waals surface area contributed by atoms with Gasteiger partial charge in [0.05, 0.1) is 11.3 Å². The lowest BCUT2D eigenvalue weighted by Gasteiger charge is -2.16. The molecule has 0 radical (unpaired) electrons. The predicted molar refractivity (Wildman–Crippen MR) is 105 cm³/mol. The summed E-state index contributed by atoms with van der Waals surface area (Å²) >= 11 is 0. The second-order valence-electron chi connectivity index (χ2n) is 6.55. The van der Waals surface area contributed by atoms with Crippen molar-refractivity contribution in [2.24, 2.45) is 0 Å². The monoisotopic (exact) mass is 364 g/mol. The van der Waals surface area contributed by atoms with Gasteiger partial charge in [0.25, 0.3) is 5.91 Å². The number of benzene rings is 2. The first-order valence-corrected chi connectivity index (χ1v) is 8.70. The van der Waals surface area contributed by atoms with Gasteiger partial charge in [-0.05, 0) is 36.1 Å². The fraction of sp³-hybridized carbons (Fsp3) is 0.190. The maximum atomic E-state index is 13.7. The molecule has 6 heteroatoms. The topological polar surface area (TPSA) is 66.9 Å². The van der Waals surface area contributed by atoms with Crippen LogP contribution in [0.15, 0.2) is 54.9 Å². The molecule has 0 bridgehead atoms. The predicted octanol–water partition coefficient (Wildman–Crippen LogP) is 5.04. The molecule has 1 heterocycles. The van der Waals surface area contributed by atoms with Crippen LogP contribution in [-0.2, 0) is 0 Å². The molecule has 1 amide bonds. The minimum Gasteiger partial charge on any atom is -0.324 e. The molecule has 0 saturated heterocycles. The highest BCUT2D eigenvalue weighted by molar-refractivity contribution is 6.03. The average molecular weight is 364 g/mol. The molecule has 0 saturated carbocycles. The van der Waals surface area contributed by atoms with E-state index in [1.807, 2.05) is 19.1 Å². The van der Waals surface area contributed by atoms with Crippen LogP contribution < -0.4 is 10.6 Å². The largest absolute Gasteiger partial charge is 0.324 e. The summed E-state index contributed by atoms with van der Waals surface area (Å²) in [7, 11) is 0. The third-order valence-electron chi connectivity index (χ3n) is 4.20. The van der Waals surface area contributed by atoms with E-state index < -0.39 is 11.7 Å². The summed E-state index contributed by atoms with van der Waals surface area (Å²) in [6.45, 7) is 6.26. The lowest BCUT2D eigenvalue weighted by Crippen LogP contribution is -2.14. The van der Waals surface area contributed by atoms with Crippen LogP contribution in [0.2, 0.25) is 0 Å². The maximum absolute atomic E-state index is 13.7. The Kier molecular flexibility index (Phi) is 5.45. The number of rotatable bonds is 5. The Morgan fingerprint density at radius 1 is 1.04 bits per heavy atom. The van der Waals surface area contributed by atoms with Gasteiger partial charge in [-0.15, -0.1) is 0 Å². The molecule has 0 atom stereocenters. The van der Waals surface area contributed by atoms with Crippen LogP contribution in [0.3, 0.4) is 0 Å². The molecule has 138 valence electrons. The molecule has 3 aromatic rings. The minimum absolute atomic E-state index is 0.117.